The van der Waals surface area contributed by atoms with E-state index < -0.39 is 5.54 Å². The summed E-state index contributed by atoms with van der Waals surface area (Å²) in [4.78, 5) is 10.8. The summed E-state index contributed by atoms with van der Waals surface area (Å²) in [7, 11) is 0. The second-order valence-electron chi connectivity index (χ2n) is 4.55. The molecule has 0 spiro atoms. The highest BCUT2D eigenvalue weighted by atomic mass is 16.5. The number of nitrogens with zero attached hydrogens (tertiary/aromatic N) is 2. The second-order valence-corrected chi connectivity index (χ2v) is 4.55. The van der Waals surface area contributed by atoms with Gasteiger partial charge in [0.05, 0.1) is 11.2 Å². The van der Waals surface area contributed by atoms with Crippen molar-refractivity contribution >= 4 is 5.70 Å². The Labute approximate surface area is 94.1 Å². The summed E-state index contributed by atoms with van der Waals surface area (Å²) in [6, 6.07) is 9.32. The average molecular weight is 218 g/mol. The standard InChI is InChI=1S/C12H14N2O2/c1-12(2)8-10(13-15)11(14(12)16)9-6-4-3-5-7-9/h3-7,16H,8H2,1-2H3. The van der Waals surface area contributed by atoms with Crippen LogP contribution in [0.3, 0.4) is 0 Å². The van der Waals surface area contributed by atoms with Crippen molar-refractivity contribution in [2.45, 2.75) is 25.8 Å². The van der Waals surface area contributed by atoms with Gasteiger partial charge in [-0.05, 0) is 19.0 Å². The quantitative estimate of drug-likeness (QED) is 0.776. The molecule has 0 amide bonds. The molecular weight excluding hydrogens is 204 g/mol. The van der Waals surface area contributed by atoms with Gasteiger partial charge < -0.3 is 0 Å². The van der Waals surface area contributed by atoms with Crippen LogP contribution in [0.1, 0.15) is 25.8 Å². The smallest absolute Gasteiger partial charge is 0.113 e. The summed E-state index contributed by atoms with van der Waals surface area (Å²) >= 11 is 0. The van der Waals surface area contributed by atoms with Crippen molar-refractivity contribution in [3.05, 3.63) is 46.5 Å². The molecule has 1 aliphatic heterocycles. The normalized spacial score (nSPS) is 19.1. The van der Waals surface area contributed by atoms with E-state index in [2.05, 4.69) is 5.18 Å². The molecule has 0 saturated heterocycles. The van der Waals surface area contributed by atoms with E-state index in [0.29, 0.717) is 17.8 Å². The minimum atomic E-state index is -0.478. The Kier molecular flexibility index (Phi) is 2.52. The van der Waals surface area contributed by atoms with Gasteiger partial charge in [-0.1, -0.05) is 30.3 Å². The summed E-state index contributed by atoms with van der Waals surface area (Å²) in [6.07, 6.45) is 0.456. The summed E-state index contributed by atoms with van der Waals surface area (Å²) in [5, 5.41) is 14.2. The number of rotatable bonds is 2. The second kappa shape index (κ2) is 3.72. The highest BCUT2D eigenvalue weighted by Gasteiger charge is 2.38. The lowest BCUT2D eigenvalue weighted by molar-refractivity contribution is -0.0938. The van der Waals surface area contributed by atoms with Crippen molar-refractivity contribution < 1.29 is 5.21 Å². The van der Waals surface area contributed by atoms with E-state index >= 15 is 0 Å². The van der Waals surface area contributed by atoms with Gasteiger partial charge in [0.2, 0.25) is 0 Å². The number of hydroxylamine groups is 2. The monoisotopic (exact) mass is 218 g/mol. The molecule has 0 bridgehead atoms. The van der Waals surface area contributed by atoms with Crippen LogP contribution in [0.4, 0.5) is 0 Å². The van der Waals surface area contributed by atoms with E-state index in [9.17, 15) is 10.1 Å². The van der Waals surface area contributed by atoms with Crippen LogP contribution < -0.4 is 0 Å². The molecule has 1 aromatic carbocycles. The van der Waals surface area contributed by atoms with Gasteiger partial charge in [0.15, 0.2) is 0 Å². The summed E-state index contributed by atoms with van der Waals surface area (Å²) in [5.41, 5.74) is 1.25. The third-order valence-corrected chi connectivity index (χ3v) is 2.82. The minimum absolute atomic E-state index is 0.402. The Balaban J connectivity index is 2.50. The van der Waals surface area contributed by atoms with Crippen LogP contribution in [0.5, 0.6) is 0 Å². The number of nitroso groups, excluding NO2 is 1. The zero-order valence-electron chi connectivity index (χ0n) is 9.34. The molecule has 0 atom stereocenters. The van der Waals surface area contributed by atoms with Crippen molar-refractivity contribution in [3.63, 3.8) is 0 Å². The Bertz CT molecular complexity index is 438. The first-order valence-corrected chi connectivity index (χ1v) is 5.17. The van der Waals surface area contributed by atoms with E-state index in [1.54, 1.807) is 0 Å². The number of benzene rings is 1. The molecule has 0 saturated carbocycles. The summed E-state index contributed by atoms with van der Waals surface area (Å²) in [6.45, 7) is 3.74. The van der Waals surface area contributed by atoms with Crippen molar-refractivity contribution in [2.75, 3.05) is 0 Å². The molecule has 1 aliphatic rings. The van der Waals surface area contributed by atoms with Crippen molar-refractivity contribution in [2.24, 2.45) is 5.18 Å². The molecule has 1 N–H and O–H groups in total. The van der Waals surface area contributed by atoms with E-state index in [1.807, 2.05) is 44.2 Å². The molecule has 0 aromatic heterocycles. The van der Waals surface area contributed by atoms with Crippen molar-refractivity contribution in [1.82, 2.24) is 5.06 Å². The predicted octanol–water partition coefficient (Wildman–Crippen LogP) is 3.00. The maximum atomic E-state index is 10.8. The molecule has 1 aromatic rings. The van der Waals surface area contributed by atoms with Gasteiger partial charge in [0, 0.05) is 12.0 Å². The summed E-state index contributed by atoms with van der Waals surface area (Å²) in [5.74, 6) is 0. The van der Waals surface area contributed by atoms with Crippen molar-refractivity contribution in [1.29, 1.82) is 0 Å². The van der Waals surface area contributed by atoms with Crippen LogP contribution in [0.2, 0.25) is 0 Å². The van der Waals surface area contributed by atoms with Gasteiger partial charge in [-0.2, -0.15) is 0 Å². The van der Waals surface area contributed by atoms with Gasteiger partial charge >= 0.3 is 0 Å². The van der Waals surface area contributed by atoms with E-state index in [4.69, 9.17) is 0 Å². The molecule has 0 aliphatic carbocycles. The lowest BCUT2D eigenvalue weighted by Gasteiger charge is -2.29. The highest BCUT2D eigenvalue weighted by Crippen LogP contribution is 2.40. The molecule has 4 heteroatoms. The van der Waals surface area contributed by atoms with Crippen LogP contribution in [0, 0.1) is 4.91 Å². The first-order valence-electron chi connectivity index (χ1n) is 5.17. The van der Waals surface area contributed by atoms with Crippen LogP contribution in [-0.4, -0.2) is 15.8 Å². The molecule has 0 unspecified atom stereocenters. The Hall–Kier alpha value is -1.68. The molecular formula is C12H14N2O2. The van der Waals surface area contributed by atoms with E-state index in [1.165, 1.54) is 0 Å². The molecule has 16 heavy (non-hydrogen) atoms. The van der Waals surface area contributed by atoms with Gasteiger partial charge in [0.25, 0.3) is 0 Å². The van der Waals surface area contributed by atoms with Crippen LogP contribution >= 0.6 is 0 Å². The van der Waals surface area contributed by atoms with Gasteiger partial charge in [-0.25, -0.2) is 5.06 Å². The largest absolute Gasteiger partial charge is 0.288 e. The van der Waals surface area contributed by atoms with Crippen LogP contribution in [-0.2, 0) is 0 Å². The fourth-order valence-corrected chi connectivity index (χ4v) is 1.95. The Morgan fingerprint density at radius 2 is 1.94 bits per heavy atom. The Morgan fingerprint density at radius 1 is 1.31 bits per heavy atom. The molecule has 0 fully saturated rings. The zero-order valence-corrected chi connectivity index (χ0v) is 9.34. The first-order chi connectivity index (χ1) is 7.56. The lowest BCUT2D eigenvalue weighted by Crippen LogP contribution is -2.35. The Morgan fingerprint density at radius 3 is 2.50 bits per heavy atom. The minimum Gasteiger partial charge on any atom is -0.288 e. The van der Waals surface area contributed by atoms with E-state index in [0.717, 1.165) is 10.6 Å². The molecule has 2 rings (SSSR count). The van der Waals surface area contributed by atoms with Crippen LogP contribution in [0.15, 0.2) is 41.2 Å². The molecule has 4 nitrogen and oxygen atoms in total. The molecule has 84 valence electrons. The molecule has 1 heterocycles. The van der Waals surface area contributed by atoms with E-state index in [-0.39, 0.29) is 0 Å². The predicted molar refractivity (Wildman–Crippen MR) is 61.5 cm³/mol. The van der Waals surface area contributed by atoms with Crippen LogP contribution in [0.25, 0.3) is 5.70 Å². The molecule has 0 radical (unpaired) electrons. The lowest BCUT2D eigenvalue weighted by atomic mass is 10.0. The third-order valence-electron chi connectivity index (χ3n) is 2.82. The maximum absolute atomic E-state index is 10.8. The van der Waals surface area contributed by atoms with Gasteiger partial charge in [-0.3, -0.25) is 5.21 Å². The number of hydrogen-bond donors (Lipinski definition) is 1. The maximum Gasteiger partial charge on any atom is 0.113 e. The average Bonchev–Trinajstić information content (AvgIpc) is 2.51. The first kappa shape index (κ1) is 10.8. The fourth-order valence-electron chi connectivity index (χ4n) is 1.95. The SMILES string of the molecule is CC1(C)CC(N=O)=C(c2ccccc2)N1O. The third kappa shape index (κ3) is 1.61. The summed E-state index contributed by atoms with van der Waals surface area (Å²) < 4.78 is 0. The number of hydrogen-bond acceptors (Lipinski definition) is 4. The van der Waals surface area contributed by atoms with Crippen molar-refractivity contribution in [3.8, 4) is 0 Å². The zero-order chi connectivity index (χ0) is 11.8. The van der Waals surface area contributed by atoms with Gasteiger partial charge in [0.1, 0.15) is 5.70 Å². The topological polar surface area (TPSA) is 52.9 Å². The van der Waals surface area contributed by atoms with Gasteiger partial charge in [-0.15, -0.1) is 4.91 Å². The highest BCUT2D eigenvalue weighted by molar-refractivity contribution is 5.69. The fraction of sp³-hybridized carbons (Fsp3) is 0.333.